The maximum Gasteiger partial charge on any atom is 0.130 e. The quantitative estimate of drug-likeness (QED) is 0.618. The summed E-state index contributed by atoms with van der Waals surface area (Å²) < 4.78 is 27.2. The molecule has 1 aliphatic carbocycles. The molecule has 2 aromatic rings. The van der Waals surface area contributed by atoms with Crippen LogP contribution in [0.2, 0.25) is 0 Å². The summed E-state index contributed by atoms with van der Waals surface area (Å²) in [5.41, 5.74) is 5.09. The molecule has 2 unspecified atom stereocenters. The van der Waals surface area contributed by atoms with E-state index in [0.29, 0.717) is 11.5 Å². The van der Waals surface area contributed by atoms with E-state index in [1.54, 1.807) is 0 Å². The van der Waals surface area contributed by atoms with Crippen LogP contribution in [0.15, 0.2) is 24.3 Å². The highest BCUT2D eigenvalue weighted by atomic mass is 19.1. The summed E-state index contributed by atoms with van der Waals surface area (Å²) in [6.45, 7) is 7.84. The molecule has 0 radical (unpaired) electrons. The monoisotopic (exact) mass is 310 g/mol. The van der Waals surface area contributed by atoms with Crippen molar-refractivity contribution in [3.8, 4) is 11.8 Å². The Morgan fingerprint density at radius 1 is 0.913 bits per heavy atom. The van der Waals surface area contributed by atoms with Gasteiger partial charge in [-0.25, -0.2) is 8.78 Å². The molecule has 3 rings (SSSR count). The maximum atomic E-state index is 13.6. The van der Waals surface area contributed by atoms with Gasteiger partial charge in [0.15, 0.2) is 0 Å². The maximum absolute atomic E-state index is 13.6. The molecule has 2 aromatic carbocycles. The van der Waals surface area contributed by atoms with Crippen molar-refractivity contribution in [2.24, 2.45) is 5.92 Å². The van der Waals surface area contributed by atoms with Crippen molar-refractivity contribution in [3.63, 3.8) is 0 Å². The Morgan fingerprint density at radius 3 is 2.09 bits per heavy atom. The summed E-state index contributed by atoms with van der Waals surface area (Å²) in [4.78, 5) is 0. The van der Waals surface area contributed by atoms with Gasteiger partial charge in [0.25, 0.3) is 0 Å². The molecular weight excluding hydrogens is 290 g/mol. The normalized spacial score (nSPS) is 19.2. The molecule has 2 heteroatoms. The lowest BCUT2D eigenvalue weighted by atomic mass is 9.96. The molecular formula is C21H20F2. The van der Waals surface area contributed by atoms with Gasteiger partial charge in [0.1, 0.15) is 11.6 Å². The fraction of sp³-hybridized carbons (Fsp3) is 0.333. The number of hydrogen-bond donors (Lipinski definition) is 0. The SMILES string of the molecule is Cc1cc(C2CC2C)c(C)cc1C#Cc1cc(F)c(C)c(F)c1. The van der Waals surface area contributed by atoms with Crippen LogP contribution >= 0.6 is 0 Å². The predicted molar refractivity (Wildman–Crippen MR) is 89.5 cm³/mol. The second kappa shape index (κ2) is 5.81. The van der Waals surface area contributed by atoms with E-state index < -0.39 is 11.6 Å². The topological polar surface area (TPSA) is 0 Å². The molecule has 0 saturated heterocycles. The van der Waals surface area contributed by atoms with Gasteiger partial charge in [0, 0.05) is 16.7 Å². The van der Waals surface area contributed by atoms with Crippen LogP contribution in [0, 0.1) is 50.2 Å². The molecule has 0 aromatic heterocycles. The van der Waals surface area contributed by atoms with Crippen molar-refractivity contribution in [2.45, 2.75) is 40.0 Å². The van der Waals surface area contributed by atoms with Crippen LogP contribution in [0.4, 0.5) is 8.78 Å². The molecule has 1 aliphatic rings. The number of rotatable bonds is 1. The minimum absolute atomic E-state index is 0.0329. The fourth-order valence-electron chi connectivity index (χ4n) is 2.99. The summed E-state index contributed by atoms with van der Waals surface area (Å²) in [7, 11) is 0. The minimum Gasteiger partial charge on any atom is -0.207 e. The zero-order chi connectivity index (χ0) is 16.7. The van der Waals surface area contributed by atoms with Crippen molar-refractivity contribution in [2.75, 3.05) is 0 Å². The molecule has 118 valence electrons. The van der Waals surface area contributed by atoms with Gasteiger partial charge in [-0.3, -0.25) is 0 Å². The Kier molecular flexibility index (Phi) is 3.98. The summed E-state index contributed by atoms with van der Waals surface area (Å²) in [5, 5.41) is 0. The van der Waals surface area contributed by atoms with E-state index in [9.17, 15) is 8.78 Å². The van der Waals surface area contributed by atoms with E-state index in [4.69, 9.17) is 0 Å². The summed E-state index contributed by atoms with van der Waals surface area (Å²) in [5.74, 6) is 6.27. The van der Waals surface area contributed by atoms with E-state index in [0.717, 1.165) is 17.0 Å². The predicted octanol–water partition coefficient (Wildman–Crippen LogP) is 5.41. The van der Waals surface area contributed by atoms with Gasteiger partial charge in [-0.1, -0.05) is 24.8 Å². The van der Waals surface area contributed by atoms with Gasteiger partial charge in [-0.2, -0.15) is 0 Å². The van der Waals surface area contributed by atoms with Crippen molar-refractivity contribution >= 4 is 0 Å². The van der Waals surface area contributed by atoms with E-state index in [-0.39, 0.29) is 5.56 Å². The zero-order valence-corrected chi connectivity index (χ0v) is 13.9. The Balaban J connectivity index is 1.94. The molecule has 0 amide bonds. The third-order valence-electron chi connectivity index (χ3n) is 4.74. The highest BCUT2D eigenvalue weighted by Gasteiger charge is 2.35. The van der Waals surface area contributed by atoms with Crippen LogP contribution in [0.1, 0.15) is 52.6 Å². The summed E-state index contributed by atoms with van der Waals surface area (Å²) in [6.07, 6.45) is 1.26. The first-order valence-corrected chi connectivity index (χ1v) is 7.95. The average Bonchev–Trinajstić information content (AvgIpc) is 3.21. The second-order valence-corrected chi connectivity index (χ2v) is 6.66. The Morgan fingerprint density at radius 2 is 1.52 bits per heavy atom. The van der Waals surface area contributed by atoms with Gasteiger partial charge in [-0.05, 0) is 73.9 Å². The summed E-state index contributed by atoms with van der Waals surface area (Å²) in [6, 6.07) is 6.87. The molecule has 0 N–H and O–H groups in total. The van der Waals surface area contributed by atoms with Gasteiger partial charge in [-0.15, -0.1) is 0 Å². The molecule has 0 heterocycles. The fourth-order valence-corrected chi connectivity index (χ4v) is 2.99. The standard InChI is InChI=1S/C21H20F2/c1-12-8-18(19-9-14(19)3)13(2)7-17(12)6-5-16-10-20(22)15(4)21(23)11-16/h7-8,10-11,14,19H,9H2,1-4H3. The zero-order valence-electron chi connectivity index (χ0n) is 13.9. The van der Waals surface area contributed by atoms with Gasteiger partial charge in [0.05, 0.1) is 0 Å². The molecule has 0 nitrogen and oxygen atoms in total. The lowest BCUT2D eigenvalue weighted by Crippen LogP contribution is -1.93. The van der Waals surface area contributed by atoms with Crippen LogP contribution in [0.25, 0.3) is 0 Å². The molecule has 1 fully saturated rings. The first kappa shape index (κ1) is 15.7. The molecule has 0 aliphatic heterocycles. The average molecular weight is 310 g/mol. The third kappa shape index (κ3) is 3.15. The molecule has 23 heavy (non-hydrogen) atoms. The Labute approximate surface area is 136 Å². The summed E-state index contributed by atoms with van der Waals surface area (Å²) >= 11 is 0. The van der Waals surface area contributed by atoms with Crippen molar-refractivity contribution in [1.29, 1.82) is 0 Å². The van der Waals surface area contributed by atoms with Gasteiger partial charge >= 0.3 is 0 Å². The lowest BCUT2D eigenvalue weighted by molar-refractivity contribution is 0.567. The minimum atomic E-state index is -0.555. The van der Waals surface area contributed by atoms with E-state index in [1.165, 1.54) is 36.6 Å². The van der Waals surface area contributed by atoms with E-state index in [1.807, 2.05) is 6.92 Å². The molecule has 1 saturated carbocycles. The molecule has 0 bridgehead atoms. The van der Waals surface area contributed by atoms with Gasteiger partial charge < -0.3 is 0 Å². The number of hydrogen-bond acceptors (Lipinski definition) is 0. The largest absolute Gasteiger partial charge is 0.207 e. The van der Waals surface area contributed by atoms with E-state index >= 15 is 0 Å². The number of aryl methyl sites for hydroxylation is 2. The van der Waals surface area contributed by atoms with Gasteiger partial charge in [0.2, 0.25) is 0 Å². The van der Waals surface area contributed by atoms with Crippen LogP contribution in [0.3, 0.4) is 0 Å². The Bertz CT molecular complexity index is 814. The highest BCUT2D eigenvalue weighted by molar-refractivity contribution is 5.51. The Hall–Kier alpha value is -2.14. The van der Waals surface area contributed by atoms with Crippen molar-refractivity contribution in [3.05, 3.63) is 69.3 Å². The highest BCUT2D eigenvalue weighted by Crippen LogP contribution is 2.48. The lowest BCUT2D eigenvalue weighted by Gasteiger charge is -2.08. The molecule has 0 spiro atoms. The van der Waals surface area contributed by atoms with Crippen LogP contribution in [-0.2, 0) is 0 Å². The van der Waals surface area contributed by atoms with Crippen LogP contribution in [-0.4, -0.2) is 0 Å². The first-order chi connectivity index (χ1) is 10.9. The smallest absolute Gasteiger partial charge is 0.130 e. The van der Waals surface area contributed by atoms with E-state index in [2.05, 4.69) is 37.8 Å². The van der Waals surface area contributed by atoms with Crippen molar-refractivity contribution in [1.82, 2.24) is 0 Å². The third-order valence-corrected chi connectivity index (χ3v) is 4.74. The first-order valence-electron chi connectivity index (χ1n) is 7.95. The van der Waals surface area contributed by atoms with Crippen LogP contribution in [0.5, 0.6) is 0 Å². The van der Waals surface area contributed by atoms with Crippen LogP contribution < -0.4 is 0 Å². The van der Waals surface area contributed by atoms with Crippen molar-refractivity contribution < 1.29 is 8.78 Å². The second-order valence-electron chi connectivity index (χ2n) is 6.66. The molecule has 2 atom stereocenters. The number of benzene rings is 2. The number of halogens is 2.